The predicted molar refractivity (Wildman–Crippen MR) is 102 cm³/mol. The van der Waals surface area contributed by atoms with Gasteiger partial charge >= 0.3 is 0 Å². The highest BCUT2D eigenvalue weighted by Crippen LogP contribution is 2.24. The van der Waals surface area contributed by atoms with Gasteiger partial charge in [0.05, 0.1) is 19.8 Å². The van der Waals surface area contributed by atoms with Crippen LogP contribution in [-0.2, 0) is 6.54 Å². The third-order valence-corrected chi connectivity index (χ3v) is 4.82. The zero-order valence-corrected chi connectivity index (χ0v) is 15.4. The van der Waals surface area contributed by atoms with Crippen molar-refractivity contribution in [3.63, 3.8) is 0 Å². The number of carbonyl (C=O) groups is 1. The minimum Gasteiger partial charge on any atom is -0.497 e. The normalized spacial score (nSPS) is 15.5. The number of hydrogen-bond acceptors (Lipinski definition) is 4. The second kappa shape index (κ2) is 8.72. The first kappa shape index (κ1) is 18.3. The standard InChI is InChI=1S/C21H26N2O3/c1-25-18-8-9-20(26-2)19(14-18)21(24)22-17-10-12-23(13-11-17)15-16-6-4-3-5-7-16/h3-9,14,17H,10-13,15H2,1-2H3,(H,22,24). The van der Waals surface area contributed by atoms with E-state index >= 15 is 0 Å². The number of piperidine rings is 1. The van der Waals surface area contributed by atoms with Gasteiger partial charge in [-0.05, 0) is 36.6 Å². The van der Waals surface area contributed by atoms with Crippen LogP contribution in [0.5, 0.6) is 11.5 Å². The molecule has 1 amide bonds. The largest absolute Gasteiger partial charge is 0.497 e. The number of rotatable bonds is 6. The van der Waals surface area contributed by atoms with Gasteiger partial charge in [0.2, 0.25) is 0 Å². The van der Waals surface area contributed by atoms with E-state index in [4.69, 9.17) is 9.47 Å². The van der Waals surface area contributed by atoms with Crippen LogP contribution in [0, 0.1) is 0 Å². The molecule has 0 aromatic heterocycles. The molecule has 1 heterocycles. The lowest BCUT2D eigenvalue weighted by molar-refractivity contribution is 0.0905. The van der Waals surface area contributed by atoms with Crippen molar-refractivity contribution in [1.29, 1.82) is 0 Å². The fourth-order valence-electron chi connectivity index (χ4n) is 3.33. The number of nitrogens with one attached hydrogen (secondary N) is 1. The van der Waals surface area contributed by atoms with Gasteiger partial charge in [-0.2, -0.15) is 0 Å². The molecule has 1 aliphatic heterocycles. The Kier molecular flexibility index (Phi) is 6.12. The van der Waals surface area contributed by atoms with Crippen LogP contribution < -0.4 is 14.8 Å². The monoisotopic (exact) mass is 354 g/mol. The van der Waals surface area contributed by atoms with Crippen molar-refractivity contribution in [2.24, 2.45) is 0 Å². The third kappa shape index (κ3) is 4.55. The summed E-state index contributed by atoms with van der Waals surface area (Å²) in [6.45, 7) is 2.93. The fourth-order valence-corrected chi connectivity index (χ4v) is 3.33. The van der Waals surface area contributed by atoms with Crippen LogP contribution >= 0.6 is 0 Å². The molecule has 3 rings (SSSR count). The molecule has 5 heteroatoms. The fraction of sp³-hybridized carbons (Fsp3) is 0.381. The third-order valence-electron chi connectivity index (χ3n) is 4.82. The molecule has 1 fully saturated rings. The Hall–Kier alpha value is -2.53. The lowest BCUT2D eigenvalue weighted by Crippen LogP contribution is -2.44. The minimum absolute atomic E-state index is 0.109. The van der Waals surface area contributed by atoms with Crippen molar-refractivity contribution in [2.45, 2.75) is 25.4 Å². The van der Waals surface area contributed by atoms with Crippen molar-refractivity contribution < 1.29 is 14.3 Å². The summed E-state index contributed by atoms with van der Waals surface area (Å²) in [5, 5.41) is 3.14. The predicted octanol–water partition coefficient (Wildman–Crippen LogP) is 3.10. The van der Waals surface area contributed by atoms with Gasteiger partial charge in [0, 0.05) is 25.7 Å². The van der Waals surface area contributed by atoms with E-state index in [9.17, 15) is 4.79 Å². The topological polar surface area (TPSA) is 50.8 Å². The first-order valence-electron chi connectivity index (χ1n) is 8.98. The van der Waals surface area contributed by atoms with E-state index in [1.165, 1.54) is 5.56 Å². The molecule has 0 atom stereocenters. The molecule has 0 spiro atoms. The molecule has 1 aliphatic rings. The Bertz CT molecular complexity index is 725. The smallest absolute Gasteiger partial charge is 0.255 e. The van der Waals surface area contributed by atoms with Crippen LogP contribution in [0.15, 0.2) is 48.5 Å². The van der Waals surface area contributed by atoms with E-state index in [2.05, 4.69) is 34.5 Å². The van der Waals surface area contributed by atoms with Crippen LogP contribution in [0.25, 0.3) is 0 Å². The lowest BCUT2D eigenvalue weighted by atomic mass is 10.0. The Morgan fingerprint density at radius 1 is 1.08 bits per heavy atom. The van der Waals surface area contributed by atoms with Crippen LogP contribution in [-0.4, -0.2) is 44.2 Å². The molecular weight excluding hydrogens is 328 g/mol. The molecule has 0 bridgehead atoms. The molecule has 138 valence electrons. The van der Waals surface area contributed by atoms with Crippen LogP contribution in [0.2, 0.25) is 0 Å². The summed E-state index contributed by atoms with van der Waals surface area (Å²) in [6, 6.07) is 16.0. The van der Waals surface area contributed by atoms with Crippen LogP contribution in [0.3, 0.4) is 0 Å². The molecule has 2 aromatic carbocycles. The van der Waals surface area contributed by atoms with Gasteiger partial charge in [0.25, 0.3) is 5.91 Å². The number of amides is 1. The average molecular weight is 354 g/mol. The molecule has 0 unspecified atom stereocenters. The number of nitrogens with zero attached hydrogens (tertiary/aromatic N) is 1. The summed E-state index contributed by atoms with van der Waals surface area (Å²) in [4.78, 5) is 15.1. The van der Waals surface area contributed by atoms with Gasteiger partial charge in [-0.1, -0.05) is 30.3 Å². The summed E-state index contributed by atoms with van der Waals surface area (Å²) < 4.78 is 10.5. The number of hydrogen-bond donors (Lipinski definition) is 1. The molecule has 2 aromatic rings. The Morgan fingerprint density at radius 3 is 2.46 bits per heavy atom. The van der Waals surface area contributed by atoms with E-state index < -0.39 is 0 Å². The summed E-state index contributed by atoms with van der Waals surface area (Å²) in [7, 11) is 3.16. The van der Waals surface area contributed by atoms with Gasteiger partial charge in [-0.15, -0.1) is 0 Å². The van der Waals surface area contributed by atoms with E-state index in [-0.39, 0.29) is 11.9 Å². The molecule has 5 nitrogen and oxygen atoms in total. The van der Waals surface area contributed by atoms with Gasteiger partial charge < -0.3 is 14.8 Å². The second-order valence-electron chi connectivity index (χ2n) is 6.58. The van der Waals surface area contributed by atoms with E-state index in [1.54, 1.807) is 32.4 Å². The number of ether oxygens (including phenoxy) is 2. The summed E-state index contributed by atoms with van der Waals surface area (Å²) >= 11 is 0. The zero-order valence-electron chi connectivity index (χ0n) is 15.4. The lowest BCUT2D eigenvalue weighted by Gasteiger charge is -2.32. The number of benzene rings is 2. The van der Waals surface area contributed by atoms with Crippen molar-refractivity contribution in [3.05, 3.63) is 59.7 Å². The number of carbonyl (C=O) groups excluding carboxylic acids is 1. The van der Waals surface area contributed by atoms with E-state index in [0.29, 0.717) is 17.1 Å². The molecule has 1 saturated heterocycles. The van der Waals surface area contributed by atoms with E-state index in [1.807, 2.05) is 6.07 Å². The Labute approximate surface area is 154 Å². The van der Waals surface area contributed by atoms with Gasteiger partial charge in [0.1, 0.15) is 11.5 Å². The Balaban J connectivity index is 1.55. The maximum atomic E-state index is 12.7. The van der Waals surface area contributed by atoms with Crippen molar-refractivity contribution in [3.8, 4) is 11.5 Å². The molecule has 26 heavy (non-hydrogen) atoms. The zero-order chi connectivity index (χ0) is 18.4. The molecule has 0 radical (unpaired) electrons. The molecule has 0 saturated carbocycles. The number of likely N-dealkylation sites (tertiary alicyclic amines) is 1. The molecular formula is C21H26N2O3. The van der Waals surface area contributed by atoms with Crippen molar-refractivity contribution in [1.82, 2.24) is 10.2 Å². The van der Waals surface area contributed by atoms with Gasteiger partial charge in [-0.3, -0.25) is 9.69 Å². The number of methoxy groups -OCH3 is 2. The summed E-state index contributed by atoms with van der Waals surface area (Å²) in [5.41, 5.74) is 1.84. The van der Waals surface area contributed by atoms with Crippen molar-refractivity contribution in [2.75, 3.05) is 27.3 Å². The summed E-state index contributed by atoms with van der Waals surface area (Å²) in [6.07, 6.45) is 1.90. The minimum atomic E-state index is -0.109. The van der Waals surface area contributed by atoms with Crippen LogP contribution in [0.4, 0.5) is 0 Å². The SMILES string of the molecule is COc1ccc(OC)c(C(=O)NC2CCN(Cc3ccccc3)CC2)c1. The molecule has 0 aliphatic carbocycles. The second-order valence-corrected chi connectivity index (χ2v) is 6.58. The maximum absolute atomic E-state index is 12.7. The first-order valence-corrected chi connectivity index (χ1v) is 8.98. The summed E-state index contributed by atoms with van der Waals surface area (Å²) in [5.74, 6) is 1.10. The van der Waals surface area contributed by atoms with Gasteiger partial charge in [-0.25, -0.2) is 0 Å². The van der Waals surface area contributed by atoms with Crippen LogP contribution in [0.1, 0.15) is 28.8 Å². The highest BCUT2D eigenvalue weighted by Gasteiger charge is 2.22. The molecule has 1 N–H and O–H groups in total. The quantitative estimate of drug-likeness (QED) is 0.866. The van der Waals surface area contributed by atoms with E-state index in [0.717, 1.165) is 32.5 Å². The average Bonchev–Trinajstić information content (AvgIpc) is 2.69. The highest BCUT2D eigenvalue weighted by atomic mass is 16.5. The van der Waals surface area contributed by atoms with Crippen molar-refractivity contribution >= 4 is 5.91 Å². The Morgan fingerprint density at radius 2 is 1.81 bits per heavy atom. The first-order chi connectivity index (χ1) is 12.7. The highest BCUT2D eigenvalue weighted by molar-refractivity contribution is 5.97. The van der Waals surface area contributed by atoms with Gasteiger partial charge in [0.15, 0.2) is 0 Å². The maximum Gasteiger partial charge on any atom is 0.255 e.